The SMILES string of the molecule is CCC.CNS(=O)[O-].CNS(=O)[O-].CNS(=O)[O-]. The fourth-order valence-corrected chi connectivity index (χ4v) is 0. The van der Waals surface area contributed by atoms with Gasteiger partial charge in [-0.1, -0.05) is 20.3 Å². The highest BCUT2D eigenvalue weighted by atomic mass is 32.2. The molecule has 9 nitrogen and oxygen atoms in total. The zero-order chi connectivity index (χ0) is 15.6. The Balaban J connectivity index is -0.0000000739. The first-order valence-electron chi connectivity index (χ1n) is 4.53. The van der Waals surface area contributed by atoms with Crippen molar-refractivity contribution in [2.75, 3.05) is 21.1 Å². The molecular formula is C6H20N3O6S3-3. The molecule has 0 spiro atoms. The number of hydrogen-bond donors (Lipinski definition) is 3. The lowest BCUT2D eigenvalue weighted by atomic mass is 10.6. The Morgan fingerprint density at radius 3 is 0.778 bits per heavy atom. The second-order valence-corrected chi connectivity index (χ2v) is 4.66. The van der Waals surface area contributed by atoms with Crippen LogP contribution in [0.1, 0.15) is 20.3 Å². The van der Waals surface area contributed by atoms with Crippen molar-refractivity contribution >= 4 is 33.8 Å². The van der Waals surface area contributed by atoms with Crippen LogP contribution in [0.2, 0.25) is 0 Å². The molecule has 0 aromatic heterocycles. The Kier molecular flexibility index (Phi) is 38.5. The zero-order valence-electron chi connectivity index (χ0n) is 10.9. The summed E-state index contributed by atoms with van der Waals surface area (Å²) in [5.41, 5.74) is 0. The highest BCUT2D eigenvalue weighted by molar-refractivity contribution is 7.77. The lowest BCUT2D eigenvalue weighted by Gasteiger charge is -1.95. The van der Waals surface area contributed by atoms with Gasteiger partial charge in [0.15, 0.2) is 0 Å². The highest BCUT2D eigenvalue weighted by Gasteiger charge is 1.58. The predicted molar refractivity (Wildman–Crippen MR) is 69.9 cm³/mol. The molecule has 3 unspecified atom stereocenters. The maximum atomic E-state index is 9.26. The van der Waals surface area contributed by atoms with Gasteiger partial charge in [0.2, 0.25) is 0 Å². The average Bonchev–Trinajstić information content (AvgIpc) is 2.31. The van der Waals surface area contributed by atoms with Gasteiger partial charge in [-0.15, -0.1) is 0 Å². The first kappa shape index (κ1) is 26.7. The van der Waals surface area contributed by atoms with Crippen molar-refractivity contribution in [1.82, 2.24) is 14.2 Å². The molecule has 0 aliphatic rings. The van der Waals surface area contributed by atoms with E-state index in [4.69, 9.17) is 0 Å². The van der Waals surface area contributed by atoms with E-state index in [0.29, 0.717) is 0 Å². The van der Waals surface area contributed by atoms with Crippen molar-refractivity contribution < 1.29 is 26.3 Å². The maximum Gasteiger partial charge on any atom is 0.0178 e. The highest BCUT2D eigenvalue weighted by Crippen LogP contribution is 1.56. The van der Waals surface area contributed by atoms with E-state index < -0.39 is 33.8 Å². The van der Waals surface area contributed by atoms with E-state index in [1.807, 2.05) is 14.2 Å². The van der Waals surface area contributed by atoms with E-state index >= 15 is 0 Å². The molecule has 0 aliphatic heterocycles. The first-order chi connectivity index (χ1) is 8.22. The summed E-state index contributed by atoms with van der Waals surface area (Å²) in [6.07, 6.45) is 1.25. The lowest BCUT2D eigenvalue weighted by molar-refractivity contribution is 0.527. The van der Waals surface area contributed by atoms with Crippen LogP contribution in [0.4, 0.5) is 0 Å². The third-order valence-electron chi connectivity index (χ3n) is 0.500. The van der Waals surface area contributed by atoms with Gasteiger partial charge in [-0.05, 0) is 21.1 Å². The molecule has 0 aromatic rings. The van der Waals surface area contributed by atoms with Crippen LogP contribution < -0.4 is 14.2 Å². The molecule has 116 valence electrons. The molecule has 0 bridgehead atoms. The summed E-state index contributed by atoms with van der Waals surface area (Å²) < 4.78 is 61.4. The lowest BCUT2D eigenvalue weighted by Crippen LogP contribution is -2.07. The van der Waals surface area contributed by atoms with Gasteiger partial charge < -0.3 is 13.7 Å². The van der Waals surface area contributed by atoms with Crippen molar-refractivity contribution in [2.45, 2.75) is 20.3 Å². The monoisotopic (exact) mass is 326 g/mol. The molecule has 0 rings (SSSR count). The fourth-order valence-electron chi connectivity index (χ4n) is 0. The van der Waals surface area contributed by atoms with E-state index in [1.165, 1.54) is 27.6 Å². The van der Waals surface area contributed by atoms with Crippen LogP contribution >= 0.6 is 0 Å². The minimum atomic E-state index is -2.07. The molecule has 0 saturated heterocycles. The largest absolute Gasteiger partial charge is 0.760 e. The van der Waals surface area contributed by atoms with Gasteiger partial charge in [0, 0.05) is 33.8 Å². The molecule has 12 heteroatoms. The van der Waals surface area contributed by atoms with Gasteiger partial charge in [0.05, 0.1) is 0 Å². The van der Waals surface area contributed by atoms with Crippen molar-refractivity contribution in [1.29, 1.82) is 0 Å². The summed E-state index contributed by atoms with van der Waals surface area (Å²) in [4.78, 5) is 0. The third kappa shape index (κ3) is 97.2. The third-order valence-corrected chi connectivity index (χ3v) is 1.50. The van der Waals surface area contributed by atoms with Gasteiger partial charge in [-0.25, -0.2) is 0 Å². The number of rotatable bonds is 3. The van der Waals surface area contributed by atoms with Crippen molar-refractivity contribution in [3.8, 4) is 0 Å². The number of nitrogens with one attached hydrogen (secondary N) is 3. The summed E-state index contributed by atoms with van der Waals surface area (Å²) in [6.45, 7) is 4.25. The van der Waals surface area contributed by atoms with Crippen molar-refractivity contribution in [2.24, 2.45) is 0 Å². The van der Waals surface area contributed by atoms with Crippen LogP contribution in [0.5, 0.6) is 0 Å². The van der Waals surface area contributed by atoms with Crippen LogP contribution in [0, 0.1) is 0 Å². The molecule has 0 aliphatic carbocycles. The van der Waals surface area contributed by atoms with Crippen LogP contribution in [0.25, 0.3) is 0 Å². The topological polar surface area (TPSA) is 156 Å². The quantitative estimate of drug-likeness (QED) is 0.531. The number of hydrogen-bond acceptors (Lipinski definition) is 6. The van der Waals surface area contributed by atoms with Crippen LogP contribution in [-0.4, -0.2) is 47.4 Å². The van der Waals surface area contributed by atoms with Gasteiger partial charge in [0.25, 0.3) is 0 Å². The molecule has 0 fully saturated rings. The Bertz CT molecular complexity index is 185. The molecule has 0 heterocycles. The standard InChI is InChI=1S/C3H8.3CH5NO2S/c1-3-2;3*1-2-5(3)4/h3H2,1-2H3;3*2H,1H3,(H,3,4)/p-3. The predicted octanol–water partition coefficient (Wildman–Crippen LogP) is -1.58. The minimum absolute atomic E-state index is 1.25. The molecule has 0 radical (unpaired) electrons. The second-order valence-electron chi connectivity index (χ2n) is 2.02. The van der Waals surface area contributed by atoms with E-state index in [2.05, 4.69) is 13.8 Å². The Labute approximate surface area is 116 Å². The van der Waals surface area contributed by atoms with E-state index in [1.54, 1.807) is 0 Å². The van der Waals surface area contributed by atoms with Crippen LogP contribution in [-0.2, 0) is 33.8 Å². The zero-order valence-corrected chi connectivity index (χ0v) is 13.3. The van der Waals surface area contributed by atoms with Gasteiger partial charge in [-0.3, -0.25) is 26.8 Å². The molecular weight excluding hydrogens is 306 g/mol. The summed E-state index contributed by atoms with van der Waals surface area (Å²) in [5, 5.41) is 0. The fraction of sp³-hybridized carbons (Fsp3) is 1.00. The van der Waals surface area contributed by atoms with Crippen LogP contribution in [0.15, 0.2) is 0 Å². The molecule has 0 saturated carbocycles. The average molecular weight is 326 g/mol. The summed E-state index contributed by atoms with van der Waals surface area (Å²) in [7, 11) is 4.01. The van der Waals surface area contributed by atoms with E-state index in [-0.39, 0.29) is 0 Å². The molecule has 3 N–H and O–H groups in total. The summed E-state index contributed by atoms with van der Waals surface area (Å²) in [6, 6.07) is 0. The normalized spacial score (nSPS) is 13.3. The van der Waals surface area contributed by atoms with E-state index in [0.717, 1.165) is 0 Å². The molecule has 0 aromatic carbocycles. The summed E-state index contributed by atoms with van der Waals surface area (Å²) >= 11 is -6.22. The Morgan fingerprint density at radius 1 is 0.722 bits per heavy atom. The van der Waals surface area contributed by atoms with Gasteiger partial charge in [0.1, 0.15) is 0 Å². The van der Waals surface area contributed by atoms with E-state index in [9.17, 15) is 26.3 Å². The molecule has 18 heavy (non-hydrogen) atoms. The minimum Gasteiger partial charge on any atom is -0.760 e. The molecule has 0 amide bonds. The van der Waals surface area contributed by atoms with Crippen molar-refractivity contribution in [3.63, 3.8) is 0 Å². The maximum absolute atomic E-state index is 9.26. The second kappa shape index (κ2) is 25.9. The Hall–Kier alpha value is 0.210. The van der Waals surface area contributed by atoms with Gasteiger partial charge >= 0.3 is 0 Å². The summed E-state index contributed by atoms with van der Waals surface area (Å²) in [5.74, 6) is 0. The van der Waals surface area contributed by atoms with Gasteiger partial charge in [-0.2, -0.15) is 0 Å². The first-order valence-corrected chi connectivity index (χ1v) is 7.75. The smallest absolute Gasteiger partial charge is 0.0178 e. The Morgan fingerprint density at radius 2 is 0.778 bits per heavy atom. The van der Waals surface area contributed by atoms with Crippen molar-refractivity contribution in [3.05, 3.63) is 0 Å². The molecule has 3 atom stereocenters. The van der Waals surface area contributed by atoms with Crippen LogP contribution in [0.3, 0.4) is 0 Å².